The number of aromatic nitrogens is 2. The van der Waals surface area contributed by atoms with Gasteiger partial charge >= 0.3 is 0 Å². The summed E-state index contributed by atoms with van der Waals surface area (Å²) >= 11 is 0. The molecule has 1 aromatic rings. The highest BCUT2D eigenvalue weighted by Crippen LogP contribution is 2.48. The van der Waals surface area contributed by atoms with E-state index in [4.69, 9.17) is 4.52 Å². The molecule has 1 N–H and O–H groups in total. The fourth-order valence-corrected chi connectivity index (χ4v) is 5.24. The summed E-state index contributed by atoms with van der Waals surface area (Å²) in [5, 5.41) is 7.07. The second-order valence-corrected chi connectivity index (χ2v) is 10.0. The van der Waals surface area contributed by atoms with Gasteiger partial charge in [-0.3, -0.25) is 14.5 Å². The summed E-state index contributed by atoms with van der Waals surface area (Å²) < 4.78 is 5.53. The van der Waals surface area contributed by atoms with Gasteiger partial charge in [0.25, 0.3) is 0 Å². The van der Waals surface area contributed by atoms with Crippen LogP contribution in [0.3, 0.4) is 0 Å². The molecular formula is C24H42N6O3. The molecular weight excluding hydrogens is 420 g/mol. The van der Waals surface area contributed by atoms with Crippen LogP contribution in [0, 0.1) is 18.3 Å². The first-order valence-electron chi connectivity index (χ1n) is 12.6. The Bertz CT molecular complexity index is 783. The molecule has 3 heterocycles. The van der Waals surface area contributed by atoms with E-state index in [1.165, 1.54) is 0 Å². The van der Waals surface area contributed by atoms with E-state index >= 15 is 0 Å². The quantitative estimate of drug-likeness (QED) is 0.533. The van der Waals surface area contributed by atoms with Crippen LogP contribution in [0.5, 0.6) is 0 Å². The first-order chi connectivity index (χ1) is 15.8. The van der Waals surface area contributed by atoms with Gasteiger partial charge in [-0.05, 0) is 57.7 Å². The number of nitrogens with zero attached hydrogens (tertiary/aromatic N) is 5. The Balaban J connectivity index is 1.59. The van der Waals surface area contributed by atoms with Crippen molar-refractivity contribution in [3.63, 3.8) is 0 Å². The minimum atomic E-state index is -0.0556. The lowest BCUT2D eigenvalue weighted by atomic mass is 9.76. The van der Waals surface area contributed by atoms with Crippen molar-refractivity contribution in [3.05, 3.63) is 11.7 Å². The molecule has 1 spiro atoms. The zero-order chi connectivity index (χ0) is 24.0. The number of aryl methyl sites for hydroxylation is 1. The molecule has 2 saturated heterocycles. The first kappa shape index (κ1) is 25.6. The minimum Gasteiger partial charge on any atom is -0.355 e. The summed E-state index contributed by atoms with van der Waals surface area (Å²) in [6.45, 7) is 16.5. The van der Waals surface area contributed by atoms with Crippen molar-refractivity contribution in [1.82, 2.24) is 30.2 Å². The van der Waals surface area contributed by atoms with Crippen LogP contribution >= 0.6 is 0 Å². The van der Waals surface area contributed by atoms with Gasteiger partial charge in [-0.2, -0.15) is 4.98 Å². The third-order valence-electron chi connectivity index (χ3n) is 7.28. The van der Waals surface area contributed by atoms with Crippen LogP contribution in [0.15, 0.2) is 4.52 Å². The first-order valence-corrected chi connectivity index (χ1v) is 12.6. The van der Waals surface area contributed by atoms with E-state index in [1.807, 2.05) is 25.7 Å². The molecule has 2 amide bonds. The number of carbonyl (C=O) groups is 2. The van der Waals surface area contributed by atoms with Crippen LogP contribution in [0.4, 0.5) is 0 Å². The Morgan fingerprint density at radius 2 is 1.94 bits per heavy atom. The van der Waals surface area contributed by atoms with Crippen molar-refractivity contribution < 1.29 is 14.1 Å². The summed E-state index contributed by atoms with van der Waals surface area (Å²) in [5.41, 5.74) is 0.0732. The second kappa shape index (κ2) is 11.4. The lowest BCUT2D eigenvalue weighted by molar-refractivity contribution is -0.136. The van der Waals surface area contributed by atoms with Gasteiger partial charge < -0.3 is 19.6 Å². The number of likely N-dealkylation sites (tertiary alicyclic amines) is 2. The minimum absolute atomic E-state index is 0.0265. The third-order valence-corrected chi connectivity index (χ3v) is 7.28. The number of hydrogen-bond donors (Lipinski definition) is 1. The molecule has 2 fully saturated rings. The zero-order valence-electron chi connectivity index (χ0n) is 21.1. The number of nitrogens with one attached hydrogen (secondary N) is 1. The Kier molecular flexibility index (Phi) is 8.87. The summed E-state index contributed by atoms with van der Waals surface area (Å²) in [6, 6.07) is -0.0556. The molecule has 2 aliphatic rings. The van der Waals surface area contributed by atoms with E-state index in [-0.39, 0.29) is 29.2 Å². The lowest BCUT2D eigenvalue weighted by Gasteiger charge is -2.40. The molecule has 0 radical (unpaired) electrons. The van der Waals surface area contributed by atoms with Crippen molar-refractivity contribution in [3.8, 4) is 0 Å². The van der Waals surface area contributed by atoms with E-state index in [1.54, 1.807) is 0 Å². The molecule has 186 valence electrons. The summed E-state index contributed by atoms with van der Waals surface area (Å²) in [4.78, 5) is 36.2. The summed E-state index contributed by atoms with van der Waals surface area (Å²) in [6.07, 6.45) is 3.71. The normalized spacial score (nSPS) is 20.8. The molecule has 33 heavy (non-hydrogen) atoms. The van der Waals surface area contributed by atoms with E-state index in [0.717, 1.165) is 65.0 Å². The van der Waals surface area contributed by atoms with E-state index in [9.17, 15) is 9.59 Å². The molecule has 9 heteroatoms. The van der Waals surface area contributed by atoms with Crippen LogP contribution in [0.1, 0.15) is 71.1 Å². The average molecular weight is 463 g/mol. The Morgan fingerprint density at radius 3 is 2.52 bits per heavy atom. The predicted octanol–water partition coefficient (Wildman–Crippen LogP) is 2.24. The van der Waals surface area contributed by atoms with Crippen molar-refractivity contribution in [2.24, 2.45) is 11.3 Å². The molecule has 0 aromatic carbocycles. The summed E-state index contributed by atoms with van der Waals surface area (Å²) in [7, 11) is 0. The highest BCUT2D eigenvalue weighted by molar-refractivity contribution is 5.78. The maximum atomic E-state index is 12.8. The number of rotatable bonds is 10. The van der Waals surface area contributed by atoms with Gasteiger partial charge in [0, 0.05) is 32.1 Å². The van der Waals surface area contributed by atoms with Gasteiger partial charge in [-0.15, -0.1) is 0 Å². The molecule has 1 atom stereocenters. The fourth-order valence-electron chi connectivity index (χ4n) is 5.24. The second-order valence-electron chi connectivity index (χ2n) is 10.0. The van der Waals surface area contributed by atoms with Gasteiger partial charge in [0.15, 0.2) is 5.82 Å². The monoisotopic (exact) mass is 462 g/mol. The fraction of sp³-hybridized carbons (Fsp3) is 0.833. The average Bonchev–Trinajstić information content (AvgIpc) is 3.37. The maximum absolute atomic E-state index is 12.8. The Hall–Kier alpha value is -2.00. The number of piperidine rings is 1. The maximum Gasteiger partial charge on any atom is 0.244 e. The van der Waals surface area contributed by atoms with Crippen molar-refractivity contribution in [2.45, 2.75) is 66.3 Å². The van der Waals surface area contributed by atoms with Crippen molar-refractivity contribution in [1.29, 1.82) is 0 Å². The van der Waals surface area contributed by atoms with E-state index in [0.29, 0.717) is 24.8 Å². The number of hydrogen-bond acceptors (Lipinski definition) is 7. The molecule has 0 saturated carbocycles. The molecule has 1 unspecified atom stereocenters. The molecule has 3 rings (SSSR count). The van der Waals surface area contributed by atoms with Crippen LogP contribution < -0.4 is 5.32 Å². The van der Waals surface area contributed by atoms with Gasteiger partial charge in [0.05, 0.1) is 12.6 Å². The molecule has 9 nitrogen and oxygen atoms in total. The van der Waals surface area contributed by atoms with Crippen molar-refractivity contribution >= 4 is 11.8 Å². The highest BCUT2D eigenvalue weighted by Gasteiger charge is 2.48. The summed E-state index contributed by atoms with van der Waals surface area (Å²) in [5.74, 6) is 1.51. The molecule has 2 aliphatic heterocycles. The highest BCUT2D eigenvalue weighted by atomic mass is 16.5. The molecule has 0 aliphatic carbocycles. The predicted molar refractivity (Wildman–Crippen MR) is 126 cm³/mol. The lowest BCUT2D eigenvalue weighted by Crippen LogP contribution is -2.46. The largest absolute Gasteiger partial charge is 0.355 e. The Morgan fingerprint density at radius 1 is 1.24 bits per heavy atom. The zero-order valence-corrected chi connectivity index (χ0v) is 21.1. The van der Waals surface area contributed by atoms with E-state index in [2.05, 4.69) is 39.1 Å². The smallest absolute Gasteiger partial charge is 0.244 e. The SMILES string of the molecule is CCN(CC)CCCNC(=O)CN1CC2(CCN(C(=O)C(C)C)CC2)CC1c1nc(C)no1. The van der Waals surface area contributed by atoms with Crippen LogP contribution in [-0.4, -0.2) is 89.0 Å². The van der Waals surface area contributed by atoms with E-state index < -0.39 is 0 Å². The van der Waals surface area contributed by atoms with Crippen LogP contribution in [0.2, 0.25) is 0 Å². The van der Waals surface area contributed by atoms with Crippen LogP contribution in [0.25, 0.3) is 0 Å². The molecule has 0 bridgehead atoms. The number of amides is 2. The topological polar surface area (TPSA) is 94.8 Å². The van der Waals surface area contributed by atoms with Gasteiger partial charge in [-0.1, -0.05) is 32.9 Å². The Labute approximate surface area is 198 Å². The van der Waals surface area contributed by atoms with Gasteiger partial charge in [-0.25, -0.2) is 0 Å². The van der Waals surface area contributed by atoms with Gasteiger partial charge in [0.1, 0.15) is 0 Å². The van der Waals surface area contributed by atoms with Gasteiger partial charge in [0.2, 0.25) is 17.7 Å². The van der Waals surface area contributed by atoms with Crippen LogP contribution in [-0.2, 0) is 9.59 Å². The van der Waals surface area contributed by atoms with Crippen molar-refractivity contribution in [2.75, 3.05) is 52.4 Å². The number of carbonyl (C=O) groups excluding carboxylic acids is 2. The molecule has 1 aromatic heterocycles. The standard InChI is InChI=1S/C24H42N6O3/c1-6-28(7-2)12-8-11-25-21(31)16-30-17-24(15-20(30)22-26-19(5)27-33-22)9-13-29(14-10-24)23(32)18(3)4/h18,20H,6-17H2,1-5H3,(H,25,31). The third kappa shape index (κ3) is 6.53.